The van der Waals surface area contributed by atoms with Gasteiger partial charge in [-0.3, -0.25) is 9.78 Å². The molecule has 0 fully saturated rings. The number of carbonyl (C=O) groups excluding carboxylic acids is 1. The molecule has 5 nitrogen and oxygen atoms in total. The molecule has 3 heterocycles. The highest BCUT2D eigenvalue weighted by molar-refractivity contribution is 7.10. The Hall–Kier alpha value is -2.21. The normalized spacial score (nSPS) is 13.9. The van der Waals surface area contributed by atoms with Gasteiger partial charge in [0.2, 0.25) is 0 Å². The van der Waals surface area contributed by atoms with Crippen LogP contribution in [0.4, 0.5) is 0 Å². The molecule has 2 aromatic rings. The molecule has 1 aliphatic heterocycles. The van der Waals surface area contributed by atoms with Crippen molar-refractivity contribution >= 4 is 23.2 Å². The molecule has 2 aromatic heterocycles. The molecular formula is C14H12N2O3S. The zero-order valence-electron chi connectivity index (χ0n) is 10.6. The third-order valence-corrected chi connectivity index (χ3v) is 4.35. The Morgan fingerprint density at radius 1 is 1.30 bits per heavy atom. The largest absolute Gasteiger partial charge is 0.478 e. The van der Waals surface area contributed by atoms with Gasteiger partial charge in [-0.15, -0.1) is 11.3 Å². The highest BCUT2D eigenvalue weighted by atomic mass is 32.1. The lowest BCUT2D eigenvalue weighted by atomic mass is 10.1. The lowest BCUT2D eigenvalue weighted by molar-refractivity contribution is 0.0690. The number of rotatable bonds is 2. The number of carboxylic acid groups (broad SMARTS) is 1. The van der Waals surface area contributed by atoms with Gasteiger partial charge in [0.15, 0.2) is 0 Å². The Morgan fingerprint density at radius 3 is 2.85 bits per heavy atom. The Kier molecular flexibility index (Phi) is 3.23. The van der Waals surface area contributed by atoms with E-state index >= 15 is 0 Å². The third kappa shape index (κ3) is 2.30. The number of amides is 1. The molecule has 1 amide bonds. The minimum Gasteiger partial charge on any atom is -0.478 e. The van der Waals surface area contributed by atoms with Crippen molar-refractivity contribution in [1.29, 1.82) is 0 Å². The van der Waals surface area contributed by atoms with E-state index in [1.54, 1.807) is 16.2 Å². The maximum atomic E-state index is 12.3. The van der Waals surface area contributed by atoms with Crippen molar-refractivity contribution in [3.63, 3.8) is 0 Å². The van der Waals surface area contributed by atoms with E-state index in [1.807, 2.05) is 11.4 Å². The summed E-state index contributed by atoms with van der Waals surface area (Å²) in [5.41, 5.74) is 1.56. The predicted octanol–water partition coefficient (Wildman–Crippen LogP) is 2.04. The molecule has 0 unspecified atom stereocenters. The van der Waals surface area contributed by atoms with Crippen molar-refractivity contribution in [2.75, 3.05) is 6.54 Å². The van der Waals surface area contributed by atoms with Crippen LogP contribution in [0.1, 0.15) is 31.3 Å². The molecule has 0 saturated carbocycles. The molecule has 102 valence electrons. The third-order valence-electron chi connectivity index (χ3n) is 3.32. The standard InChI is InChI=1S/C14H12N2O3S/c17-13(11-2-1-9(7-15-11)14(18)19)16-5-3-12-10(8-16)4-6-20-12/h1-2,4,6-7H,3,5,8H2,(H,18,19). The SMILES string of the molecule is O=C(O)c1ccc(C(=O)N2CCc3sccc3C2)nc1. The van der Waals surface area contributed by atoms with Gasteiger partial charge in [-0.25, -0.2) is 4.79 Å². The van der Waals surface area contributed by atoms with Crippen LogP contribution in [0.25, 0.3) is 0 Å². The molecule has 1 aliphatic rings. The molecule has 0 saturated heterocycles. The average Bonchev–Trinajstić information content (AvgIpc) is 2.94. The minimum atomic E-state index is -1.04. The summed E-state index contributed by atoms with van der Waals surface area (Å²) in [6, 6.07) is 4.91. The molecule has 1 N–H and O–H groups in total. The number of hydrogen-bond acceptors (Lipinski definition) is 4. The van der Waals surface area contributed by atoms with Gasteiger partial charge >= 0.3 is 5.97 Å². The number of carboxylic acids is 1. The van der Waals surface area contributed by atoms with Crippen molar-refractivity contribution in [2.24, 2.45) is 0 Å². The zero-order chi connectivity index (χ0) is 14.1. The second-order valence-corrected chi connectivity index (χ2v) is 5.58. The Bertz CT molecular complexity index is 663. The van der Waals surface area contributed by atoms with Crippen molar-refractivity contribution in [2.45, 2.75) is 13.0 Å². The second-order valence-electron chi connectivity index (χ2n) is 4.58. The van der Waals surface area contributed by atoms with E-state index in [-0.39, 0.29) is 17.2 Å². The number of fused-ring (bicyclic) bond motifs is 1. The van der Waals surface area contributed by atoms with Crippen LogP contribution >= 0.6 is 11.3 Å². The maximum absolute atomic E-state index is 12.3. The number of pyridine rings is 1. The van der Waals surface area contributed by atoms with Crippen LogP contribution in [0, 0.1) is 0 Å². The summed E-state index contributed by atoms with van der Waals surface area (Å²) < 4.78 is 0. The highest BCUT2D eigenvalue weighted by Crippen LogP contribution is 2.24. The number of nitrogens with zero attached hydrogens (tertiary/aromatic N) is 2. The summed E-state index contributed by atoms with van der Waals surface area (Å²) >= 11 is 1.72. The van der Waals surface area contributed by atoms with E-state index in [4.69, 9.17) is 5.11 Å². The van der Waals surface area contributed by atoms with E-state index < -0.39 is 5.97 Å². The monoisotopic (exact) mass is 288 g/mol. The van der Waals surface area contributed by atoms with Crippen LogP contribution in [-0.4, -0.2) is 33.4 Å². The smallest absolute Gasteiger partial charge is 0.337 e. The quantitative estimate of drug-likeness (QED) is 0.918. The fourth-order valence-corrected chi connectivity index (χ4v) is 3.12. The van der Waals surface area contributed by atoms with E-state index in [9.17, 15) is 9.59 Å². The lowest BCUT2D eigenvalue weighted by Crippen LogP contribution is -2.35. The molecule has 0 radical (unpaired) electrons. The van der Waals surface area contributed by atoms with Gasteiger partial charge in [0.1, 0.15) is 5.69 Å². The van der Waals surface area contributed by atoms with Crippen molar-refractivity contribution < 1.29 is 14.7 Å². The summed E-state index contributed by atoms with van der Waals surface area (Å²) in [5, 5.41) is 10.9. The summed E-state index contributed by atoms with van der Waals surface area (Å²) in [7, 11) is 0. The molecule has 0 aliphatic carbocycles. The first-order chi connectivity index (χ1) is 9.65. The maximum Gasteiger partial charge on any atom is 0.337 e. The molecule has 0 bridgehead atoms. The van der Waals surface area contributed by atoms with Crippen molar-refractivity contribution in [3.8, 4) is 0 Å². The fourth-order valence-electron chi connectivity index (χ4n) is 2.23. The summed E-state index contributed by atoms with van der Waals surface area (Å²) in [4.78, 5) is 30.1. The molecule has 6 heteroatoms. The van der Waals surface area contributed by atoms with E-state index in [0.29, 0.717) is 13.1 Å². The van der Waals surface area contributed by atoms with Gasteiger partial charge in [0.25, 0.3) is 5.91 Å². The summed E-state index contributed by atoms with van der Waals surface area (Å²) in [6.07, 6.45) is 2.08. The van der Waals surface area contributed by atoms with Gasteiger partial charge in [-0.05, 0) is 35.6 Å². The molecule has 0 aromatic carbocycles. The van der Waals surface area contributed by atoms with Crippen LogP contribution in [0.5, 0.6) is 0 Å². The van der Waals surface area contributed by atoms with E-state index in [2.05, 4.69) is 4.98 Å². The van der Waals surface area contributed by atoms with Crippen molar-refractivity contribution in [3.05, 3.63) is 51.5 Å². The van der Waals surface area contributed by atoms with Crippen LogP contribution in [0.15, 0.2) is 29.8 Å². The topological polar surface area (TPSA) is 70.5 Å². The van der Waals surface area contributed by atoms with Crippen LogP contribution in [0.2, 0.25) is 0 Å². The number of hydrogen-bond donors (Lipinski definition) is 1. The van der Waals surface area contributed by atoms with E-state index in [0.717, 1.165) is 6.42 Å². The molecular weight excluding hydrogens is 276 g/mol. The van der Waals surface area contributed by atoms with Gasteiger partial charge in [0.05, 0.1) is 5.56 Å². The van der Waals surface area contributed by atoms with Crippen LogP contribution < -0.4 is 0 Å². The summed E-state index contributed by atoms with van der Waals surface area (Å²) in [5.74, 6) is -1.20. The highest BCUT2D eigenvalue weighted by Gasteiger charge is 2.23. The first-order valence-electron chi connectivity index (χ1n) is 6.19. The number of thiophene rings is 1. The van der Waals surface area contributed by atoms with Crippen LogP contribution in [0.3, 0.4) is 0 Å². The van der Waals surface area contributed by atoms with Gasteiger partial charge in [-0.1, -0.05) is 0 Å². The first-order valence-corrected chi connectivity index (χ1v) is 7.07. The Balaban J connectivity index is 1.78. The second kappa shape index (κ2) is 5.05. The molecule has 20 heavy (non-hydrogen) atoms. The fraction of sp³-hybridized carbons (Fsp3) is 0.214. The predicted molar refractivity (Wildman–Crippen MR) is 74.0 cm³/mol. The number of aromatic carboxylic acids is 1. The van der Waals surface area contributed by atoms with Crippen molar-refractivity contribution in [1.82, 2.24) is 9.88 Å². The Morgan fingerprint density at radius 2 is 2.15 bits per heavy atom. The first kappa shape index (κ1) is 12.8. The number of aromatic nitrogens is 1. The van der Waals surface area contributed by atoms with E-state index in [1.165, 1.54) is 28.8 Å². The Labute approximate surface area is 119 Å². The molecule has 0 spiro atoms. The van der Waals surface area contributed by atoms with Crippen LogP contribution in [-0.2, 0) is 13.0 Å². The number of carbonyl (C=O) groups is 2. The average molecular weight is 288 g/mol. The molecule has 0 atom stereocenters. The minimum absolute atomic E-state index is 0.0836. The lowest BCUT2D eigenvalue weighted by Gasteiger charge is -2.26. The van der Waals surface area contributed by atoms with Gasteiger partial charge < -0.3 is 10.0 Å². The molecule has 3 rings (SSSR count). The summed E-state index contributed by atoms with van der Waals surface area (Å²) in [6.45, 7) is 1.27. The van der Waals surface area contributed by atoms with Gasteiger partial charge in [-0.2, -0.15) is 0 Å². The van der Waals surface area contributed by atoms with Gasteiger partial charge in [0, 0.05) is 24.2 Å². The zero-order valence-corrected chi connectivity index (χ0v) is 11.4.